The lowest BCUT2D eigenvalue weighted by Gasteiger charge is -2.33. The fraction of sp³-hybridized carbons (Fsp3) is 0.529. The lowest BCUT2D eigenvalue weighted by Crippen LogP contribution is -2.50. The molecule has 1 saturated heterocycles. The maximum absolute atomic E-state index is 12.4. The van der Waals surface area contributed by atoms with Gasteiger partial charge < -0.3 is 10.2 Å². The molecule has 1 aromatic rings. The third-order valence-electron chi connectivity index (χ3n) is 4.36. The Hall–Kier alpha value is -1.55. The van der Waals surface area contributed by atoms with Crippen molar-refractivity contribution in [3.05, 3.63) is 34.3 Å². The number of benzene rings is 1. The van der Waals surface area contributed by atoms with Gasteiger partial charge in [-0.2, -0.15) is 0 Å². The first-order valence-electron chi connectivity index (χ1n) is 7.90. The van der Waals surface area contributed by atoms with Crippen molar-refractivity contribution in [1.29, 1.82) is 0 Å². The van der Waals surface area contributed by atoms with E-state index in [-0.39, 0.29) is 23.8 Å². The molecule has 5 heteroatoms. The van der Waals surface area contributed by atoms with Crippen LogP contribution in [0.5, 0.6) is 0 Å². The van der Waals surface area contributed by atoms with E-state index in [4.69, 9.17) is 11.6 Å². The quantitative estimate of drug-likeness (QED) is 0.931. The predicted molar refractivity (Wildman–Crippen MR) is 86.0 cm³/mol. The Bertz CT molecular complexity index is 598. The van der Waals surface area contributed by atoms with Gasteiger partial charge in [0.15, 0.2) is 0 Å². The summed E-state index contributed by atoms with van der Waals surface area (Å²) in [6.07, 6.45) is 3.88. The van der Waals surface area contributed by atoms with Gasteiger partial charge in [-0.1, -0.05) is 23.2 Å². The molecule has 0 aromatic heterocycles. The fourth-order valence-corrected chi connectivity index (χ4v) is 3.16. The summed E-state index contributed by atoms with van der Waals surface area (Å²) < 4.78 is 0. The second kappa shape index (κ2) is 6.29. The number of nitrogens with zero attached hydrogens (tertiary/aromatic N) is 1. The third-order valence-corrected chi connectivity index (χ3v) is 4.69. The van der Waals surface area contributed by atoms with Gasteiger partial charge >= 0.3 is 0 Å². The van der Waals surface area contributed by atoms with Crippen LogP contribution in [-0.4, -0.2) is 35.8 Å². The molecule has 0 bridgehead atoms. The number of carbonyl (C=O) groups is 2. The van der Waals surface area contributed by atoms with Gasteiger partial charge in [-0.15, -0.1) is 0 Å². The van der Waals surface area contributed by atoms with Gasteiger partial charge in [0.2, 0.25) is 5.91 Å². The van der Waals surface area contributed by atoms with Crippen LogP contribution in [0.25, 0.3) is 0 Å². The second-order valence-electron chi connectivity index (χ2n) is 6.35. The Morgan fingerprint density at radius 2 is 2.05 bits per heavy atom. The third kappa shape index (κ3) is 3.43. The molecule has 2 fully saturated rings. The molecular weight excluding hydrogens is 300 g/mol. The molecule has 4 nitrogen and oxygen atoms in total. The molecule has 3 rings (SSSR count). The summed E-state index contributed by atoms with van der Waals surface area (Å²) in [6, 6.07) is 5.44. The standard InChI is InChI=1S/C17H21ClN2O2/c1-11-4-7-15(18)14(9-11)16(21)19-13-3-2-8-20(10-13)17(22)12-5-6-12/h4,7,9,12-13H,2-3,5-6,8,10H2,1H3,(H,19,21). The highest BCUT2D eigenvalue weighted by Gasteiger charge is 2.35. The number of nitrogens with one attached hydrogen (secondary N) is 1. The van der Waals surface area contributed by atoms with Crippen molar-refractivity contribution in [1.82, 2.24) is 10.2 Å². The maximum Gasteiger partial charge on any atom is 0.253 e. The van der Waals surface area contributed by atoms with E-state index in [0.29, 0.717) is 17.1 Å². The number of amides is 2. The summed E-state index contributed by atoms with van der Waals surface area (Å²) in [7, 11) is 0. The Labute approximate surface area is 135 Å². The zero-order valence-corrected chi connectivity index (χ0v) is 13.5. The van der Waals surface area contributed by atoms with Crippen LogP contribution in [0.15, 0.2) is 18.2 Å². The number of carbonyl (C=O) groups excluding carboxylic acids is 2. The summed E-state index contributed by atoms with van der Waals surface area (Å²) in [4.78, 5) is 26.5. The van der Waals surface area contributed by atoms with Gasteiger partial charge in [-0.05, 0) is 44.7 Å². The van der Waals surface area contributed by atoms with Crippen LogP contribution >= 0.6 is 11.6 Å². The summed E-state index contributed by atoms with van der Waals surface area (Å²) in [5.41, 5.74) is 1.51. The van der Waals surface area contributed by atoms with Gasteiger partial charge in [0.1, 0.15) is 0 Å². The summed E-state index contributed by atoms with van der Waals surface area (Å²) in [5, 5.41) is 3.49. The van der Waals surface area contributed by atoms with Gasteiger partial charge in [-0.25, -0.2) is 0 Å². The smallest absolute Gasteiger partial charge is 0.253 e. The van der Waals surface area contributed by atoms with Crippen molar-refractivity contribution < 1.29 is 9.59 Å². The topological polar surface area (TPSA) is 49.4 Å². The van der Waals surface area contributed by atoms with E-state index >= 15 is 0 Å². The van der Waals surface area contributed by atoms with Crippen LogP contribution in [-0.2, 0) is 4.79 Å². The molecule has 1 saturated carbocycles. The first kappa shape index (κ1) is 15.3. The van der Waals surface area contributed by atoms with Crippen molar-refractivity contribution in [2.24, 2.45) is 5.92 Å². The Kier molecular flexibility index (Phi) is 4.39. The van der Waals surface area contributed by atoms with E-state index < -0.39 is 0 Å². The number of likely N-dealkylation sites (tertiary alicyclic amines) is 1. The van der Waals surface area contributed by atoms with Crippen LogP contribution in [0.2, 0.25) is 5.02 Å². The Morgan fingerprint density at radius 1 is 1.27 bits per heavy atom. The van der Waals surface area contributed by atoms with E-state index in [1.807, 2.05) is 17.9 Å². The average Bonchev–Trinajstić information content (AvgIpc) is 3.34. The normalized spacial score (nSPS) is 21.5. The molecule has 1 aromatic carbocycles. The number of rotatable bonds is 3. The van der Waals surface area contributed by atoms with Crippen LogP contribution in [0.4, 0.5) is 0 Å². The highest BCUT2D eigenvalue weighted by Crippen LogP contribution is 2.32. The van der Waals surface area contributed by atoms with Gasteiger partial charge in [0.25, 0.3) is 5.91 Å². The molecule has 22 heavy (non-hydrogen) atoms. The number of aryl methyl sites for hydroxylation is 1. The molecular formula is C17H21ClN2O2. The minimum absolute atomic E-state index is 0.0144. The zero-order chi connectivity index (χ0) is 15.7. The number of piperidine rings is 1. The van der Waals surface area contributed by atoms with E-state index in [0.717, 1.165) is 37.8 Å². The summed E-state index contributed by atoms with van der Waals surface area (Å²) >= 11 is 6.11. The highest BCUT2D eigenvalue weighted by atomic mass is 35.5. The van der Waals surface area contributed by atoms with Crippen molar-refractivity contribution >= 4 is 23.4 Å². The molecule has 1 atom stereocenters. The van der Waals surface area contributed by atoms with E-state index in [1.165, 1.54) is 0 Å². The largest absolute Gasteiger partial charge is 0.347 e. The first-order valence-corrected chi connectivity index (χ1v) is 8.28. The monoisotopic (exact) mass is 320 g/mol. The van der Waals surface area contributed by atoms with Gasteiger partial charge in [-0.3, -0.25) is 9.59 Å². The second-order valence-corrected chi connectivity index (χ2v) is 6.76. The SMILES string of the molecule is Cc1ccc(Cl)c(C(=O)NC2CCCN(C(=O)C3CC3)C2)c1. The Morgan fingerprint density at radius 3 is 2.77 bits per heavy atom. The van der Waals surface area contributed by atoms with Crippen molar-refractivity contribution in [2.45, 2.75) is 38.6 Å². The molecule has 1 heterocycles. The van der Waals surface area contributed by atoms with Crippen molar-refractivity contribution in [3.63, 3.8) is 0 Å². The fourth-order valence-electron chi connectivity index (χ4n) is 2.96. The number of hydrogen-bond acceptors (Lipinski definition) is 2. The number of hydrogen-bond donors (Lipinski definition) is 1. The highest BCUT2D eigenvalue weighted by molar-refractivity contribution is 6.33. The predicted octanol–water partition coefficient (Wildman–Crippen LogP) is 2.78. The van der Waals surface area contributed by atoms with Crippen LogP contribution < -0.4 is 5.32 Å². The molecule has 1 aliphatic carbocycles. The van der Waals surface area contributed by atoms with Crippen molar-refractivity contribution in [2.75, 3.05) is 13.1 Å². The molecule has 2 amide bonds. The van der Waals surface area contributed by atoms with E-state index in [9.17, 15) is 9.59 Å². The molecule has 0 radical (unpaired) electrons. The minimum atomic E-state index is -0.153. The maximum atomic E-state index is 12.4. The molecule has 1 unspecified atom stereocenters. The number of halogens is 1. The van der Waals surface area contributed by atoms with Gasteiger partial charge in [0, 0.05) is 25.0 Å². The van der Waals surface area contributed by atoms with Crippen LogP contribution in [0.1, 0.15) is 41.6 Å². The van der Waals surface area contributed by atoms with E-state index in [1.54, 1.807) is 12.1 Å². The summed E-state index contributed by atoms with van der Waals surface area (Å²) in [5.74, 6) is 0.340. The van der Waals surface area contributed by atoms with E-state index in [2.05, 4.69) is 5.32 Å². The molecule has 1 N–H and O–H groups in total. The average molecular weight is 321 g/mol. The molecule has 2 aliphatic rings. The zero-order valence-electron chi connectivity index (χ0n) is 12.8. The molecule has 0 spiro atoms. The van der Waals surface area contributed by atoms with Crippen molar-refractivity contribution in [3.8, 4) is 0 Å². The van der Waals surface area contributed by atoms with Crippen LogP contribution in [0, 0.1) is 12.8 Å². The molecule has 1 aliphatic heterocycles. The van der Waals surface area contributed by atoms with Gasteiger partial charge in [0.05, 0.1) is 10.6 Å². The minimum Gasteiger partial charge on any atom is -0.347 e. The van der Waals surface area contributed by atoms with Crippen LogP contribution in [0.3, 0.4) is 0 Å². The molecule has 118 valence electrons. The Balaban J connectivity index is 1.63. The lowest BCUT2D eigenvalue weighted by molar-refractivity contribution is -0.133. The first-order chi connectivity index (χ1) is 10.5. The lowest BCUT2D eigenvalue weighted by atomic mass is 10.0. The summed E-state index contributed by atoms with van der Waals surface area (Å²) in [6.45, 7) is 3.36.